The lowest BCUT2D eigenvalue weighted by Gasteiger charge is -2.28. The van der Waals surface area contributed by atoms with Gasteiger partial charge in [0.15, 0.2) is 0 Å². The molecule has 47 heavy (non-hydrogen) atoms. The van der Waals surface area contributed by atoms with Crippen LogP contribution in [0.3, 0.4) is 0 Å². The SMILES string of the molecule is O=C(c1cccc(N(Cc2ccc(-c3ccccc3-c3nn[nH]n3)cc2)C(=O)c2ccc(-c3ccccn3)cc2)c1)N1CCOCC1. The van der Waals surface area contributed by atoms with Crippen LogP contribution >= 0.6 is 0 Å². The van der Waals surface area contributed by atoms with Crippen molar-refractivity contribution in [1.29, 1.82) is 0 Å². The second kappa shape index (κ2) is 13.6. The monoisotopic (exact) mass is 621 g/mol. The summed E-state index contributed by atoms with van der Waals surface area (Å²) in [6, 6.07) is 36.4. The third kappa shape index (κ3) is 6.54. The average molecular weight is 622 g/mol. The maximum absolute atomic E-state index is 14.2. The Morgan fingerprint density at radius 2 is 1.51 bits per heavy atom. The van der Waals surface area contributed by atoms with Crippen molar-refractivity contribution in [2.24, 2.45) is 0 Å². The van der Waals surface area contributed by atoms with Gasteiger partial charge in [-0.25, -0.2) is 0 Å². The zero-order valence-electron chi connectivity index (χ0n) is 25.5. The van der Waals surface area contributed by atoms with E-state index in [2.05, 4.69) is 25.6 Å². The molecule has 10 nitrogen and oxygen atoms in total. The van der Waals surface area contributed by atoms with Gasteiger partial charge in [-0.1, -0.05) is 72.8 Å². The molecule has 7 rings (SSSR count). The second-order valence-corrected chi connectivity index (χ2v) is 11.1. The molecule has 4 aromatic carbocycles. The summed E-state index contributed by atoms with van der Waals surface area (Å²) < 4.78 is 5.43. The van der Waals surface area contributed by atoms with Crippen molar-refractivity contribution >= 4 is 17.5 Å². The minimum Gasteiger partial charge on any atom is -0.378 e. The van der Waals surface area contributed by atoms with E-state index in [1.807, 2.05) is 103 Å². The van der Waals surface area contributed by atoms with Crippen molar-refractivity contribution in [2.45, 2.75) is 6.54 Å². The number of amides is 2. The van der Waals surface area contributed by atoms with Crippen molar-refractivity contribution < 1.29 is 14.3 Å². The first-order valence-electron chi connectivity index (χ1n) is 15.4. The molecule has 1 N–H and O–H groups in total. The third-order valence-electron chi connectivity index (χ3n) is 8.16. The van der Waals surface area contributed by atoms with Crippen LogP contribution in [0, 0.1) is 0 Å². The van der Waals surface area contributed by atoms with E-state index < -0.39 is 0 Å². The van der Waals surface area contributed by atoms with Crippen LogP contribution in [0.4, 0.5) is 5.69 Å². The molecule has 1 saturated heterocycles. The van der Waals surface area contributed by atoms with Crippen molar-refractivity contribution in [2.75, 3.05) is 31.2 Å². The average Bonchev–Trinajstić information content (AvgIpc) is 3.70. The first-order chi connectivity index (χ1) is 23.1. The molecule has 232 valence electrons. The van der Waals surface area contributed by atoms with Crippen molar-refractivity contribution in [1.82, 2.24) is 30.5 Å². The molecule has 1 aliphatic heterocycles. The Hall–Kier alpha value is -6.00. The molecule has 0 spiro atoms. The Morgan fingerprint density at radius 3 is 2.23 bits per heavy atom. The number of tetrazole rings is 1. The molecule has 1 fully saturated rings. The number of nitrogens with one attached hydrogen (secondary N) is 1. The summed E-state index contributed by atoms with van der Waals surface area (Å²) >= 11 is 0. The van der Waals surface area contributed by atoms with Crippen LogP contribution in [0.5, 0.6) is 0 Å². The maximum atomic E-state index is 14.2. The normalized spacial score (nSPS) is 12.9. The predicted octanol–water partition coefficient (Wildman–Crippen LogP) is 5.92. The number of pyridine rings is 1. The fourth-order valence-electron chi connectivity index (χ4n) is 5.69. The summed E-state index contributed by atoms with van der Waals surface area (Å²) in [6.07, 6.45) is 1.75. The van der Waals surface area contributed by atoms with Gasteiger partial charge in [-0.15, -0.1) is 10.2 Å². The number of rotatable bonds is 8. The predicted molar refractivity (Wildman–Crippen MR) is 178 cm³/mol. The van der Waals surface area contributed by atoms with Crippen LogP contribution < -0.4 is 4.90 Å². The fraction of sp³-hybridized carbons (Fsp3) is 0.135. The van der Waals surface area contributed by atoms with Gasteiger partial charge >= 0.3 is 0 Å². The van der Waals surface area contributed by atoms with E-state index in [0.717, 1.165) is 33.5 Å². The van der Waals surface area contributed by atoms with Crippen LogP contribution in [-0.2, 0) is 11.3 Å². The molecule has 2 aromatic heterocycles. The Balaban J connectivity index is 1.20. The highest BCUT2D eigenvalue weighted by molar-refractivity contribution is 6.07. The van der Waals surface area contributed by atoms with E-state index in [1.54, 1.807) is 28.1 Å². The summed E-state index contributed by atoms with van der Waals surface area (Å²) in [5.41, 5.74) is 7.18. The van der Waals surface area contributed by atoms with Gasteiger partial charge in [-0.3, -0.25) is 14.6 Å². The van der Waals surface area contributed by atoms with Crippen molar-refractivity contribution in [3.8, 4) is 33.8 Å². The molecular weight excluding hydrogens is 590 g/mol. The minimum absolute atomic E-state index is 0.0770. The number of hydrogen-bond acceptors (Lipinski definition) is 7. The number of nitrogens with zero attached hydrogens (tertiary/aromatic N) is 6. The molecule has 0 bridgehead atoms. The molecule has 3 heterocycles. The van der Waals surface area contributed by atoms with Crippen molar-refractivity contribution in [3.63, 3.8) is 0 Å². The molecule has 0 atom stereocenters. The van der Waals surface area contributed by atoms with Crippen LogP contribution in [0.1, 0.15) is 26.3 Å². The number of morpholine rings is 1. The molecule has 0 aliphatic carbocycles. The van der Waals surface area contributed by atoms with E-state index in [-0.39, 0.29) is 11.8 Å². The van der Waals surface area contributed by atoms with Crippen LogP contribution in [0.15, 0.2) is 121 Å². The van der Waals surface area contributed by atoms with Crippen molar-refractivity contribution in [3.05, 3.63) is 138 Å². The number of aromatic amines is 1. The van der Waals surface area contributed by atoms with Gasteiger partial charge in [-0.2, -0.15) is 5.21 Å². The molecule has 2 amide bonds. The van der Waals surface area contributed by atoms with Crippen LogP contribution in [0.25, 0.3) is 33.8 Å². The smallest absolute Gasteiger partial charge is 0.258 e. The zero-order valence-corrected chi connectivity index (χ0v) is 25.5. The summed E-state index contributed by atoms with van der Waals surface area (Å²) in [5.74, 6) is 0.258. The van der Waals surface area contributed by atoms with Gasteiger partial charge in [-0.05, 0) is 64.4 Å². The van der Waals surface area contributed by atoms with Gasteiger partial charge < -0.3 is 14.5 Å². The lowest BCUT2D eigenvalue weighted by Crippen LogP contribution is -2.40. The largest absolute Gasteiger partial charge is 0.378 e. The molecule has 0 unspecified atom stereocenters. The quantitative estimate of drug-likeness (QED) is 0.224. The summed E-state index contributed by atoms with van der Waals surface area (Å²) in [4.78, 5) is 35.5. The first kappa shape index (κ1) is 29.7. The standard InChI is InChI=1S/C37H31N7O3/c45-36(43-20-22-47-23-21-43)30-6-5-7-31(24-30)44(37(46)29-17-15-28(16-18-29)34-10-3-4-19-38-34)25-26-11-13-27(14-12-26)32-8-1-2-9-33(32)35-39-41-42-40-35/h1-19,24H,20-23,25H2,(H,39,40,41,42). The maximum Gasteiger partial charge on any atom is 0.258 e. The lowest BCUT2D eigenvalue weighted by atomic mass is 9.98. The molecule has 0 radical (unpaired) electrons. The van der Waals surface area contributed by atoms with Crippen LogP contribution in [0.2, 0.25) is 0 Å². The molecule has 6 aromatic rings. The Bertz CT molecular complexity index is 1970. The fourth-order valence-corrected chi connectivity index (χ4v) is 5.69. The molecule has 1 aliphatic rings. The van der Waals surface area contributed by atoms with Crippen LogP contribution in [-0.4, -0.2) is 68.6 Å². The number of carbonyl (C=O) groups excluding carboxylic acids is 2. The van der Waals surface area contributed by atoms with E-state index in [1.165, 1.54) is 0 Å². The number of aromatic nitrogens is 5. The van der Waals surface area contributed by atoms with E-state index >= 15 is 0 Å². The van der Waals surface area contributed by atoms with E-state index in [0.29, 0.717) is 55.5 Å². The zero-order chi connectivity index (χ0) is 32.0. The lowest BCUT2D eigenvalue weighted by molar-refractivity contribution is 0.0303. The Morgan fingerprint density at radius 1 is 0.766 bits per heavy atom. The number of hydrogen-bond donors (Lipinski definition) is 1. The highest BCUT2D eigenvalue weighted by atomic mass is 16.5. The second-order valence-electron chi connectivity index (χ2n) is 11.1. The summed E-state index contributed by atoms with van der Waals surface area (Å²) in [7, 11) is 0. The van der Waals surface area contributed by atoms with Gasteiger partial charge in [0.25, 0.3) is 11.8 Å². The highest BCUT2D eigenvalue weighted by Crippen LogP contribution is 2.31. The van der Waals surface area contributed by atoms with Gasteiger partial charge in [0.1, 0.15) is 0 Å². The number of ether oxygens (including phenoxy) is 1. The van der Waals surface area contributed by atoms with E-state index in [9.17, 15) is 9.59 Å². The number of carbonyl (C=O) groups is 2. The first-order valence-corrected chi connectivity index (χ1v) is 15.4. The molecule has 0 saturated carbocycles. The van der Waals surface area contributed by atoms with Gasteiger partial charge in [0.05, 0.1) is 25.5 Å². The number of H-pyrrole nitrogens is 1. The summed E-state index contributed by atoms with van der Waals surface area (Å²) in [5, 5.41) is 14.5. The topological polar surface area (TPSA) is 117 Å². The summed E-state index contributed by atoms with van der Waals surface area (Å²) in [6.45, 7) is 2.40. The van der Waals surface area contributed by atoms with Gasteiger partial charge in [0, 0.05) is 47.2 Å². The molecular formula is C37H31N7O3. The number of benzene rings is 4. The highest BCUT2D eigenvalue weighted by Gasteiger charge is 2.23. The number of anilines is 1. The Labute approximate surface area is 271 Å². The van der Waals surface area contributed by atoms with Gasteiger partial charge in [0.2, 0.25) is 5.82 Å². The van der Waals surface area contributed by atoms with E-state index in [4.69, 9.17) is 4.74 Å². The Kier molecular flexibility index (Phi) is 8.56. The third-order valence-corrected chi connectivity index (χ3v) is 8.16. The molecule has 10 heteroatoms. The minimum atomic E-state index is -0.180.